The summed E-state index contributed by atoms with van der Waals surface area (Å²) < 4.78 is 10.2. The minimum atomic E-state index is -0.697. The highest BCUT2D eigenvalue weighted by atomic mass is 32.1. The van der Waals surface area contributed by atoms with Crippen LogP contribution >= 0.6 is 11.3 Å². The summed E-state index contributed by atoms with van der Waals surface area (Å²) in [7, 11) is 1.59. The molecule has 0 radical (unpaired) electrons. The molecule has 0 N–H and O–H groups in total. The lowest BCUT2D eigenvalue weighted by molar-refractivity contribution is -0.158. The Balaban J connectivity index is 2.11. The van der Waals surface area contributed by atoms with Gasteiger partial charge in [-0.15, -0.1) is 11.3 Å². The third-order valence-corrected chi connectivity index (χ3v) is 4.12. The molecule has 0 bridgehead atoms. The number of hydrogen-bond acceptors (Lipinski definition) is 6. The maximum Gasteiger partial charge on any atom is 0.344 e. The standard InChI is InChI=1S/C19H21NO5S/c1-19(2,3)25-16(21)12-24-18(23)13-8-5-6-9-14(13)20(4)17(22)15-10-7-11-26-15/h5-11H,12H2,1-4H3. The highest BCUT2D eigenvalue weighted by molar-refractivity contribution is 7.12. The first-order chi connectivity index (χ1) is 12.2. The number of hydrogen-bond donors (Lipinski definition) is 0. The lowest BCUT2D eigenvalue weighted by Crippen LogP contribution is -2.29. The molecule has 0 saturated heterocycles. The number of amides is 1. The molecule has 7 heteroatoms. The molecule has 0 atom stereocenters. The van der Waals surface area contributed by atoms with Crippen molar-refractivity contribution >= 4 is 34.9 Å². The minimum Gasteiger partial charge on any atom is -0.457 e. The van der Waals surface area contributed by atoms with Crippen LogP contribution in [0.25, 0.3) is 0 Å². The number of carbonyl (C=O) groups is 3. The zero-order chi connectivity index (χ0) is 19.3. The number of anilines is 1. The molecule has 2 aromatic rings. The molecule has 2 rings (SSSR count). The van der Waals surface area contributed by atoms with Crippen LogP contribution in [0, 0.1) is 0 Å². The van der Waals surface area contributed by atoms with Gasteiger partial charge in [0.05, 0.1) is 16.1 Å². The van der Waals surface area contributed by atoms with Gasteiger partial charge in [0.1, 0.15) is 5.60 Å². The van der Waals surface area contributed by atoms with E-state index in [1.54, 1.807) is 64.2 Å². The second-order valence-corrected chi connectivity index (χ2v) is 7.47. The molecule has 0 aliphatic rings. The van der Waals surface area contributed by atoms with Gasteiger partial charge in [-0.1, -0.05) is 18.2 Å². The summed E-state index contributed by atoms with van der Waals surface area (Å²) in [6.07, 6.45) is 0. The lowest BCUT2D eigenvalue weighted by atomic mass is 10.1. The quantitative estimate of drug-likeness (QED) is 0.748. The highest BCUT2D eigenvalue weighted by Gasteiger charge is 2.22. The molecule has 1 aromatic heterocycles. The first kappa shape index (κ1) is 19.7. The van der Waals surface area contributed by atoms with Gasteiger partial charge >= 0.3 is 11.9 Å². The van der Waals surface area contributed by atoms with Gasteiger partial charge in [-0.2, -0.15) is 0 Å². The van der Waals surface area contributed by atoms with E-state index in [0.717, 1.165) is 0 Å². The molecule has 1 aromatic carbocycles. The van der Waals surface area contributed by atoms with E-state index in [4.69, 9.17) is 9.47 Å². The largest absolute Gasteiger partial charge is 0.457 e. The molecule has 1 heterocycles. The number of para-hydroxylation sites is 1. The van der Waals surface area contributed by atoms with E-state index in [2.05, 4.69) is 0 Å². The van der Waals surface area contributed by atoms with Crippen molar-refractivity contribution < 1.29 is 23.9 Å². The third-order valence-electron chi connectivity index (χ3n) is 3.26. The van der Waals surface area contributed by atoms with E-state index in [9.17, 15) is 14.4 Å². The van der Waals surface area contributed by atoms with Crippen molar-refractivity contribution in [2.45, 2.75) is 26.4 Å². The minimum absolute atomic E-state index is 0.198. The van der Waals surface area contributed by atoms with Gasteiger partial charge in [-0.3, -0.25) is 4.79 Å². The zero-order valence-corrected chi connectivity index (χ0v) is 16.0. The van der Waals surface area contributed by atoms with Crippen molar-refractivity contribution in [2.75, 3.05) is 18.6 Å². The Bertz CT molecular complexity index is 793. The fourth-order valence-corrected chi connectivity index (χ4v) is 2.89. The number of nitrogens with zero attached hydrogens (tertiary/aromatic N) is 1. The van der Waals surface area contributed by atoms with E-state index in [0.29, 0.717) is 10.6 Å². The molecular weight excluding hydrogens is 354 g/mol. The number of ether oxygens (including phenoxy) is 2. The number of carbonyl (C=O) groups excluding carboxylic acids is 3. The molecule has 138 valence electrons. The fourth-order valence-electron chi connectivity index (χ4n) is 2.19. The van der Waals surface area contributed by atoms with Crippen LogP contribution in [0.15, 0.2) is 41.8 Å². The van der Waals surface area contributed by atoms with Crippen molar-refractivity contribution in [3.8, 4) is 0 Å². The monoisotopic (exact) mass is 375 g/mol. The van der Waals surface area contributed by atoms with Gasteiger partial charge in [0.2, 0.25) is 0 Å². The van der Waals surface area contributed by atoms with Crippen LogP contribution in [0.4, 0.5) is 5.69 Å². The van der Waals surface area contributed by atoms with Crippen LogP contribution in [-0.4, -0.2) is 37.1 Å². The first-order valence-corrected chi connectivity index (χ1v) is 8.86. The van der Waals surface area contributed by atoms with Crippen LogP contribution in [0.5, 0.6) is 0 Å². The summed E-state index contributed by atoms with van der Waals surface area (Å²) in [5.74, 6) is -1.56. The van der Waals surface area contributed by atoms with E-state index in [1.807, 2.05) is 5.38 Å². The number of benzene rings is 1. The van der Waals surface area contributed by atoms with Crippen molar-refractivity contribution in [3.05, 3.63) is 52.2 Å². The first-order valence-electron chi connectivity index (χ1n) is 7.98. The summed E-state index contributed by atoms with van der Waals surface area (Å²) in [6, 6.07) is 10.1. The molecular formula is C19H21NO5S. The fraction of sp³-hybridized carbons (Fsp3) is 0.316. The molecule has 0 unspecified atom stereocenters. The number of rotatable bonds is 5. The average Bonchev–Trinajstić information content (AvgIpc) is 3.11. The van der Waals surface area contributed by atoms with E-state index in [-0.39, 0.29) is 11.5 Å². The number of esters is 2. The maximum atomic E-state index is 12.5. The average molecular weight is 375 g/mol. The third kappa shape index (κ3) is 5.16. The van der Waals surface area contributed by atoms with Gasteiger partial charge in [0.15, 0.2) is 6.61 Å². The summed E-state index contributed by atoms with van der Waals surface area (Å²) >= 11 is 1.32. The van der Waals surface area contributed by atoms with E-state index in [1.165, 1.54) is 16.2 Å². The van der Waals surface area contributed by atoms with Gasteiger partial charge in [0, 0.05) is 7.05 Å². The lowest BCUT2D eigenvalue weighted by Gasteiger charge is -2.20. The molecule has 6 nitrogen and oxygen atoms in total. The van der Waals surface area contributed by atoms with Crippen molar-refractivity contribution in [3.63, 3.8) is 0 Å². The Hall–Kier alpha value is -2.67. The Morgan fingerprint density at radius 1 is 1.08 bits per heavy atom. The molecule has 0 aliphatic carbocycles. The van der Waals surface area contributed by atoms with Gasteiger partial charge in [0.25, 0.3) is 5.91 Å². The SMILES string of the molecule is CN(C(=O)c1cccs1)c1ccccc1C(=O)OCC(=O)OC(C)(C)C. The maximum absolute atomic E-state index is 12.5. The smallest absolute Gasteiger partial charge is 0.344 e. The highest BCUT2D eigenvalue weighted by Crippen LogP contribution is 2.23. The Morgan fingerprint density at radius 3 is 2.38 bits per heavy atom. The van der Waals surface area contributed by atoms with Crippen LogP contribution < -0.4 is 4.90 Å². The van der Waals surface area contributed by atoms with Gasteiger partial charge in [-0.05, 0) is 44.4 Å². The summed E-state index contributed by atoms with van der Waals surface area (Å²) in [5, 5.41) is 1.81. The van der Waals surface area contributed by atoms with Gasteiger partial charge < -0.3 is 14.4 Å². The van der Waals surface area contributed by atoms with Crippen LogP contribution in [0.2, 0.25) is 0 Å². The summed E-state index contributed by atoms with van der Waals surface area (Å²) in [6.45, 7) is 4.69. The zero-order valence-electron chi connectivity index (χ0n) is 15.1. The predicted molar refractivity (Wildman–Crippen MR) is 99.6 cm³/mol. The van der Waals surface area contributed by atoms with Crippen LogP contribution in [0.1, 0.15) is 40.8 Å². The molecule has 0 spiro atoms. The van der Waals surface area contributed by atoms with Crippen molar-refractivity contribution in [1.82, 2.24) is 0 Å². The molecule has 0 saturated carbocycles. The molecule has 0 fully saturated rings. The predicted octanol–water partition coefficient (Wildman–Crippen LogP) is 3.52. The molecule has 0 aliphatic heterocycles. The van der Waals surface area contributed by atoms with E-state index >= 15 is 0 Å². The van der Waals surface area contributed by atoms with Crippen LogP contribution in [-0.2, 0) is 14.3 Å². The molecule has 1 amide bonds. The second-order valence-electron chi connectivity index (χ2n) is 6.52. The topological polar surface area (TPSA) is 72.9 Å². The summed E-state index contributed by atoms with van der Waals surface area (Å²) in [4.78, 5) is 38.6. The Morgan fingerprint density at radius 2 is 1.77 bits per heavy atom. The number of thiophene rings is 1. The normalized spacial score (nSPS) is 10.9. The summed E-state index contributed by atoms with van der Waals surface area (Å²) in [5.41, 5.74) is -0.0575. The van der Waals surface area contributed by atoms with Gasteiger partial charge in [-0.25, -0.2) is 9.59 Å². The van der Waals surface area contributed by atoms with Crippen molar-refractivity contribution in [2.24, 2.45) is 0 Å². The Labute approximate surface area is 156 Å². The van der Waals surface area contributed by atoms with E-state index < -0.39 is 24.1 Å². The van der Waals surface area contributed by atoms with Crippen LogP contribution in [0.3, 0.4) is 0 Å². The Kier molecular flexibility index (Phi) is 6.15. The molecule has 26 heavy (non-hydrogen) atoms. The second kappa shape index (κ2) is 8.14. The van der Waals surface area contributed by atoms with Crippen molar-refractivity contribution in [1.29, 1.82) is 0 Å².